The lowest BCUT2D eigenvalue weighted by molar-refractivity contribution is -0.132. The highest BCUT2D eigenvalue weighted by molar-refractivity contribution is 6.32. The average molecular weight is 623 g/mol. The van der Waals surface area contributed by atoms with Crippen LogP contribution >= 0.6 is 23.2 Å². The molecule has 0 unspecified atom stereocenters. The van der Waals surface area contributed by atoms with E-state index in [1.165, 1.54) is 5.56 Å². The van der Waals surface area contributed by atoms with Crippen LogP contribution < -0.4 is 14.8 Å². The minimum Gasteiger partial charge on any atom is -0.492 e. The third kappa shape index (κ3) is 7.91. The van der Waals surface area contributed by atoms with Crippen LogP contribution in [0, 0.1) is 0 Å². The van der Waals surface area contributed by atoms with Crippen molar-refractivity contribution in [2.24, 2.45) is 0 Å². The van der Waals surface area contributed by atoms with Gasteiger partial charge < -0.3 is 24.6 Å². The molecule has 2 heterocycles. The molecule has 1 N–H and O–H groups in total. The molecule has 3 aromatic rings. The third-order valence-electron chi connectivity index (χ3n) is 7.94. The lowest BCUT2D eigenvalue weighted by Gasteiger charge is -2.44. The number of para-hydroxylation sites is 1. The van der Waals surface area contributed by atoms with Crippen molar-refractivity contribution in [2.75, 3.05) is 39.9 Å². The zero-order chi connectivity index (χ0) is 30.3. The summed E-state index contributed by atoms with van der Waals surface area (Å²) in [7, 11) is 1.80. The predicted octanol–water partition coefficient (Wildman–Crippen LogP) is 5.89. The zero-order valence-electron chi connectivity index (χ0n) is 24.5. The van der Waals surface area contributed by atoms with E-state index >= 15 is 0 Å². The molecule has 2 amide bonds. The standard InChI is InChI=1S/C34H37Cl2N3O4/c1-23(40)39-21-27-20-29(25-11-9-24(10-12-25)6-5-18-43-32-8-4-3-7-30(32)36)33(31(22-39)37-27)34(41)38(2)17-19-42-28-15-13-26(35)14-16-28/h3-4,7-16,27,31,37H,5-6,17-22H2,1-2H3/t27-,31-/m1/s1. The average Bonchev–Trinajstić information content (AvgIpc) is 3.00. The topological polar surface area (TPSA) is 71.1 Å². The fourth-order valence-corrected chi connectivity index (χ4v) is 5.97. The van der Waals surface area contributed by atoms with Gasteiger partial charge in [-0.1, -0.05) is 59.6 Å². The Balaban J connectivity index is 1.28. The van der Waals surface area contributed by atoms with Gasteiger partial charge in [0.05, 0.1) is 24.2 Å². The Morgan fingerprint density at radius 3 is 2.42 bits per heavy atom. The normalized spacial score (nSPS) is 17.9. The van der Waals surface area contributed by atoms with Crippen molar-refractivity contribution in [1.82, 2.24) is 15.1 Å². The van der Waals surface area contributed by atoms with Gasteiger partial charge in [-0.25, -0.2) is 0 Å². The van der Waals surface area contributed by atoms with E-state index in [9.17, 15) is 9.59 Å². The Kier molecular flexibility index (Phi) is 10.3. The van der Waals surface area contributed by atoms with E-state index in [0.717, 1.165) is 29.6 Å². The predicted molar refractivity (Wildman–Crippen MR) is 171 cm³/mol. The Morgan fingerprint density at radius 1 is 0.953 bits per heavy atom. The summed E-state index contributed by atoms with van der Waals surface area (Å²) in [5.41, 5.74) is 4.00. The molecule has 0 saturated carbocycles. The van der Waals surface area contributed by atoms with E-state index in [4.69, 9.17) is 32.7 Å². The highest BCUT2D eigenvalue weighted by atomic mass is 35.5. The lowest BCUT2D eigenvalue weighted by Crippen LogP contribution is -2.61. The van der Waals surface area contributed by atoms with Gasteiger partial charge in [-0.3, -0.25) is 9.59 Å². The van der Waals surface area contributed by atoms with Gasteiger partial charge in [-0.15, -0.1) is 0 Å². The largest absolute Gasteiger partial charge is 0.492 e. The first-order chi connectivity index (χ1) is 20.8. The van der Waals surface area contributed by atoms with Crippen LogP contribution in [0.25, 0.3) is 5.57 Å². The summed E-state index contributed by atoms with van der Waals surface area (Å²) in [5.74, 6) is 1.37. The van der Waals surface area contributed by atoms with Gasteiger partial charge in [0.2, 0.25) is 5.91 Å². The molecule has 0 spiro atoms. The second-order valence-corrected chi connectivity index (χ2v) is 11.9. The number of carbonyl (C=O) groups is 2. The van der Waals surface area contributed by atoms with Crippen LogP contribution in [0.1, 0.15) is 30.9 Å². The quantitative estimate of drug-likeness (QED) is 0.270. The fraction of sp³-hybridized carbons (Fsp3) is 0.353. The van der Waals surface area contributed by atoms with Crippen LogP contribution in [0.2, 0.25) is 10.0 Å². The maximum atomic E-state index is 14.0. The number of ether oxygens (including phenoxy) is 2. The van der Waals surface area contributed by atoms with Crippen LogP contribution in [0.3, 0.4) is 0 Å². The Labute approximate surface area is 263 Å². The summed E-state index contributed by atoms with van der Waals surface area (Å²) in [5, 5.41) is 4.86. The van der Waals surface area contributed by atoms with Crippen molar-refractivity contribution < 1.29 is 19.1 Å². The SMILES string of the molecule is CC(=O)N1C[C@H]2CC(c3ccc(CCCOc4ccccc4Cl)cc3)=C(C(=O)N(C)CCOc3ccc(Cl)cc3)[C@@H](C1)N2. The highest BCUT2D eigenvalue weighted by Crippen LogP contribution is 2.34. The maximum absolute atomic E-state index is 14.0. The summed E-state index contributed by atoms with van der Waals surface area (Å²) >= 11 is 12.2. The number of benzene rings is 3. The number of likely N-dealkylation sites (N-methyl/N-ethyl adjacent to an activating group) is 1. The van der Waals surface area contributed by atoms with E-state index in [2.05, 4.69) is 29.6 Å². The molecule has 0 aliphatic carbocycles. The van der Waals surface area contributed by atoms with Gasteiger partial charge in [0.1, 0.15) is 18.1 Å². The molecule has 5 rings (SSSR count). The molecular weight excluding hydrogens is 585 g/mol. The summed E-state index contributed by atoms with van der Waals surface area (Å²) in [6, 6.07) is 23.0. The molecule has 2 bridgehead atoms. The molecule has 2 aliphatic heterocycles. The molecular formula is C34H37Cl2N3O4. The number of amides is 2. The second-order valence-electron chi connectivity index (χ2n) is 11.0. The van der Waals surface area contributed by atoms with Crippen molar-refractivity contribution in [3.05, 3.63) is 99.5 Å². The molecule has 3 aromatic carbocycles. The van der Waals surface area contributed by atoms with Crippen LogP contribution in [0.4, 0.5) is 0 Å². The van der Waals surface area contributed by atoms with Crippen LogP contribution in [-0.2, 0) is 16.0 Å². The van der Waals surface area contributed by atoms with Crippen molar-refractivity contribution in [3.63, 3.8) is 0 Å². The van der Waals surface area contributed by atoms with Crippen molar-refractivity contribution >= 4 is 40.6 Å². The smallest absolute Gasteiger partial charge is 0.251 e. The first-order valence-corrected chi connectivity index (χ1v) is 15.4. The van der Waals surface area contributed by atoms with Crippen molar-refractivity contribution in [2.45, 2.75) is 38.3 Å². The van der Waals surface area contributed by atoms with E-state index in [1.54, 1.807) is 31.0 Å². The summed E-state index contributed by atoms with van der Waals surface area (Å²) in [6.45, 7) is 4.03. The molecule has 2 atom stereocenters. The number of halogens is 2. The monoisotopic (exact) mass is 621 g/mol. The number of nitrogens with one attached hydrogen (secondary N) is 1. The van der Waals surface area contributed by atoms with Crippen molar-refractivity contribution in [3.8, 4) is 11.5 Å². The van der Waals surface area contributed by atoms with Crippen LogP contribution in [0.5, 0.6) is 11.5 Å². The first kappa shape index (κ1) is 30.9. The van der Waals surface area contributed by atoms with Gasteiger partial charge in [0, 0.05) is 43.7 Å². The van der Waals surface area contributed by atoms with Gasteiger partial charge >= 0.3 is 0 Å². The number of aryl methyl sites for hydroxylation is 1. The Morgan fingerprint density at radius 2 is 1.70 bits per heavy atom. The van der Waals surface area contributed by atoms with Crippen LogP contribution in [0.15, 0.2) is 78.4 Å². The van der Waals surface area contributed by atoms with Gasteiger partial charge in [0.25, 0.3) is 5.91 Å². The van der Waals surface area contributed by atoms with Gasteiger partial charge in [0.15, 0.2) is 0 Å². The molecule has 1 fully saturated rings. The van der Waals surface area contributed by atoms with E-state index in [-0.39, 0.29) is 23.9 Å². The minimum atomic E-state index is -0.236. The van der Waals surface area contributed by atoms with E-state index < -0.39 is 0 Å². The summed E-state index contributed by atoms with van der Waals surface area (Å²) in [6.07, 6.45) is 2.39. The van der Waals surface area contributed by atoms with Crippen LogP contribution in [-0.4, -0.2) is 73.6 Å². The number of carbonyl (C=O) groups excluding carboxylic acids is 2. The van der Waals surface area contributed by atoms with Gasteiger partial charge in [-0.2, -0.15) is 0 Å². The van der Waals surface area contributed by atoms with E-state index in [0.29, 0.717) is 60.8 Å². The molecule has 0 radical (unpaired) electrons. The van der Waals surface area contributed by atoms with Crippen molar-refractivity contribution in [1.29, 1.82) is 0 Å². The number of piperazine rings is 1. The lowest BCUT2D eigenvalue weighted by atomic mass is 9.82. The Bertz CT molecular complexity index is 1460. The van der Waals surface area contributed by atoms with E-state index in [1.807, 2.05) is 41.3 Å². The molecule has 2 aliphatic rings. The molecule has 1 saturated heterocycles. The second kappa shape index (κ2) is 14.3. The zero-order valence-corrected chi connectivity index (χ0v) is 26.0. The van der Waals surface area contributed by atoms with Gasteiger partial charge in [-0.05, 0) is 72.4 Å². The first-order valence-electron chi connectivity index (χ1n) is 14.6. The fourth-order valence-electron chi connectivity index (χ4n) is 5.66. The minimum absolute atomic E-state index is 0.0272. The Hall–Kier alpha value is -3.52. The number of fused-ring (bicyclic) bond motifs is 2. The third-order valence-corrected chi connectivity index (χ3v) is 8.51. The number of nitrogens with zero attached hydrogens (tertiary/aromatic N) is 2. The maximum Gasteiger partial charge on any atom is 0.251 e. The molecule has 7 nitrogen and oxygen atoms in total. The number of hydrogen-bond acceptors (Lipinski definition) is 5. The molecule has 0 aromatic heterocycles. The molecule has 226 valence electrons. The summed E-state index contributed by atoms with van der Waals surface area (Å²) < 4.78 is 11.7. The summed E-state index contributed by atoms with van der Waals surface area (Å²) in [4.78, 5) is 29.8. The highest BCUT2D eigenvalue weighted by Gasteiger charge is 2.39. The number of rotatable bonds is 11. The number of hydrogen-bond donors (Lipinski definition) is 1. The molecule has 9 heteroatoms. The molecule has 43 heavy (non-hydrogen) atoms.